The third-order valence-electron chi connectivity index (χ3n) is 4.64. The molecule has 0 atom stereocenters. The van der Waals surface area contributed by atoms with Crippen LogP contribution in [-0.4, -0.2) is 37.2 Å². The highest BCUT2D eigenvalue weighted by Crippen LogP contribution is 2.34. The molecule has 5 rings (SSSR count). The Labute approximate surface area is 143 Å². The van der Waals surface area contributed by atoms with Crippen molar-refractivity contribution >= 4 is 27.2 Å². The number of nitrogens with one attached hydrogen (secondary N) is 1. The monoisotopic (exact) mass is 338 g/mol. The molecule has 0 unspecified atom stereocenters. The second-order valence-corrected chi connectivity index (χ2v) is 7.46. The fourth-order valence-electron chi connectivity index (χ4n) is 3.40. The highest BCUT2D eigenvalue weighted by Gasteiger charge is 2.19. The Bertz CT molecular complexity index is 989. The number of rotatable bonds is 2. The van der Waals surface area contributed by atoms with Crippen LogP contribution in [0.2, 0.25) is 0 Å². The van der Waals surface area contributed by atoms with Gasteiger partial charge >= 0.3 is 0 Å². The summed E-state index contributed by atoms with van der Waals surface area (Å²) in [5.41, 5.74) is 1.85. The molecular formula is C17H18N6S. The molecule has 1 N–H and O–H groups in total. The lowest BCUT2D eigenvalue weighted by Crippen LogP contribution is -2.26. The number of hydrogen-bond donors (Lipinski definition) is 1. The first kappa shape index (κ1) is 14.1. The van der Waals surface area contributed by atoms with Crippen molar-refractivity contribution in [1.82, 2.24) is 29.5 Å². The average Bonchev–Trinajstić information content (AvgIpc) is 3.26. The SMILES string of the molecule is Cc1cn2cc(-n3cc4cc(C5CCNCC5)sc4n3)ncc2n1. The fourth-order valence-corrected chi connectivity index (χ4v) is 4.57. The first-order valence-electron chi connectivity index (χ1n) is 8.28. The molecule has 4 aromatic rings. The lowest BCUT2D eigenvalue weighted by Gasteiger charge is -2.21. The third kappa shape index (κ3) is 2.32. The van der Waals surface area contributed by atoms with Gasteiger partial charge in [-0.25, -0.2) is 14.6 Å². The zero-order valence-electron chi connectivity index (χ0n) is 13.4. The van der Waals surface area contributed by atoms with Gasteiger partial charge in [-0.15, -0.1) is 11.3 Å². The van der Waals surface area contributed by atoms with Gasteiger partial charge in [0.2, 0.25) is 0 Å². The van der Waals surface area contributed by atoms with Crippen molar-refractivity contribution in [3.05, 3.63) is 41.4 Å². The van der Waals surface area contributed by atoms with E-state index in [4.69, 9.17) is 5.10 Å². The van der Waals surface area contributed by atoms with Crippen molar-refractivity contribution in [2.45, 2.75) is 25.7 Å². The molecule has 4 aromatic heterocycles. The minimum atomic E-state index is 0.683. The second kappa shape index (κ2) is 5.39. The highest BCUT2D eigenvalue weighted by molar-refractivity contribution is 7.18. The lowest BCUT2D eigenvalue weighted by atomic mass is 9.96. The van der Waals surface area contributed by atoms with E-state index in [2.05, 4.69) is 27.5 Å². The van der Waals surface area contributed by atoms with Gasteiger partial charge in [0.25, 0.3) is 0 Å². The van der Waals surface area contributed by atoms with Crippen molar-refractivity contribution in [3.8, 4) is 5.82 Å². The lowest BCUT2D eigenvalue weighted by molar-refractivity contribution is 0.465. The Hall–Kier alpha value is -2.25. The normalized spacial score (nSPS) is 16.4. The standard InChI is InChI=1S/C17H18N6S/c1-11-8-22-10-16(19-7-15(22)20-11)23-9-13-6-14(24-17(13)21-23)12-2-4-18-5-3-12/h6-10,12,18H,2-5H2,1H3. The second-order valence-electron chi connectivity index (χ2n) is 6.40. The summed E-state index contributed by atoms with van der Waals surface area (Å²) in [6.07, 6.45) is 10.3. The topological polar surface area (TPSA) is 60.0 Å². The molecule has 0 amide bonds. The summed E-state index contributed by atoms with van der Waals surface area (Å²) < 4.78 is 3.86. The van der Waals surface area contributed by atoms with Crippen LogP contribution >= 0.6 is 11.3 Å². The molecule has 5 heterocycles. The van der Waals surface area contributed by atoms with E-state index in [1.54, 1.807) is 6.20 Å². The van der Waals surface area contributed by atoms with Crippen LogP contribution in [0.5, 0.6) is 0 Å². The summed E-state index contributed by atoms with van der Waals surface area (Å²) in [6, 6.07) is 2.30. The van der Waals surface area contributed by atoms with Gasteiger partial charge in [0.1, 0.15) is 4.83 Å². The third-order valence-corrected chi connectivity index (χ3v) is 5.84. The summed E-state index contributed by atoms with van der Waals surface area (Å²) in [6.45, 7) is 4.22. The number of imidazole rings is 1. The molecular weight excluding hydrogens is 320 g/mol. The molecule has 1 fully saturated rings. The van der Waals surface area contributed by atoms with E-state index < -0.39 is 0 Å². The molecule has 1 aliphatic rings. The number of piperidine rings is 1. The first-order chi connectivity index (χ1) is 11.8. The van der Waals surface area contributed by atoms with E-state index in [1.165, 1.54) is 23.1 Å². The first-order valence-corrected chi connectivity index (χ1v) is 9.09. The van der Waals surface area contributed by atoms with Crippen molar-refractivity contribution < 1.29 is 0 Å². The van der Waals surface area contributed by atoms with Gasteiger partial charge in [-0.2, -0.15) is 5.10 Å². The minimum absolute atomic E-state index is 0.683. The highest BCUT2D eigenvalue weighted by atomic mass is 32.1. The van der Waals surface area contributed by atoms with Gasteiger partial charge in [0, 0.05) is 22.7 Å². The van der Waals surface area contributed by atoms with Gasteiger partial charge < -0.3 is 9.72 Å². The maximum absolute atomic E-state index is 4.74. The van der Waals surface area contributed by atoms with Crippen molar-refractivity contribution in [3.63, 3.8) is 0 Å². The molecule has 6 nitrogen and oxygen atoms in total. The number of aryl methyl sites for hydroxylation is 1. The van der Waals surface area contributed by atoms with Crippen LogP contribution in [0, 0.1) is 6.92 Å². The molecule has 0 spiro atoms. The maximum Gasteiger partial charge on any atom is 0.170 e. The Balaban J connectivity index is 1.51. The fraction of sp³-hybridized carbons (Fsp3) is 0.353. The number of hydrogen-bond acceptors (Lipinski definition) is 5. The summed E-state index contributed by atoms with van der Waals surface area (Å²) in [7, 11) is 0. The van der Waals surface area contributed by atoms with Crippen LogP contribution in [0.25, 0.3) is 21.7 Å². The number of thiophene rings is 1. The molecule has 0 radical (unpaired) electrons. The smallest absolute Gasteiger partial charge is 0.170 e. The Morgan fingerprint density at radius 3 is 2.92 bits per heavy atom. The summed E-state index contributed by atoms with van der Waals surface area (Å²) in [4.78, 5) is 11.5. The van der Waals surface area contributed by atoms with E-state index >= 15 is 0 Å². The van der Waals surface area contributed by atoms with Crippen molar-refractivity contribution in [1.29, 1.82) is 0 Å². The number of aromatic nitrogens is 5. The van der Waals surface area contributed by atoms with E-state index in [1.807, 2.05) is 39.7 Å². The van der Waals surface area contributed by atoms with E-state index in [-0.39, 0.29) is 0 Å². The van der Waals surface area contributed by atoms with E-state index in [9.17, 15) is 0 Å². The van der Waals surface area contributed by atoms with Crippen molar-refractivity contribution in [2.75, 3.05) is 13.1 Å². The van der Waals surface area contributed by atoms with Gasteiger partial charge in [-0.05, 0) is 44.8 Å². The average molecular weight is 338 g/mol. The maximum atomic E-state index is 4.74. The van der Waals surface area contributed by atoms with Crippen LogP contribution in [0.3, 0.4) is 0 Å². The van der Waals surface area contributed by atoms with Crippen LogP contribution < -0.4 is 5.32 Å². The van der Waals surface area contributed by atoms with Crippen LogP contribution in [-0.2, 0) is 0 Å². The zero-order valence-corrected chi connectivity index (χ0v) is 14.3. The molecule has 0 aliphatic carbocycles. The Kier molecular flexibility index (Phi) is 3.17. The van der Waals surface area contributed by atoms with Gasteiger partial charge in [0.05, 0.1) is 18.1 Å². The molecule has 0 aromatic carbocycles. The quantitative estimate of drug-likeness (QED) is 0.610. The minimum Gasteiger partial charge on any atom is -0.317 e. The molecule has 0 bridgehead atoms. The van der Waals surface area contributed by atoms with E-state index in [0.29, 0.717) is 5.92 Å². The molecule has 1 aliphatic heterocycles. The molecule has 7 heteroatoms. The number of fused-ring (bicyclic) bond motifs is 2. The summed E-state index contributed by atoms with van der Waals surface area (Å²) >= 11 is 1.82. The van der Waals surface area contributed by atoms with Gasteiger partial charge in [0.15, 0.2) is 11.5 Å². The van der Waals surface area contributed by atoms with Gasteiger partial charge in [-0.3, -0.25) is 0 Å². The largest absolute Gasteiger partial charge is 0.317 e. The zero-order chi connectivity index (χ0) is 16.1. The van der Waals surface area contributed by atoms with Crippen LogP contribution in [0.15, 0.2) is 30.9 Å². The number of nitrogens with zero attached hydrogens (tertiary/aromatic N) is 5. The predicted molar refractivity (Wildman–Crippen MR) is 95.1 cm³/mol. The van der Waals surface area contributed by atoms with Crippen LogP contribution in [0.1, 0.15) is 29.3 Å². The van der Waals surface area contributed by atoms with Gasteiger partial charge in [-0.1, -0.05) is 0 Å². The Morgan fingerprint density at radius 1 is 1.21 bits per heavy atom. The molecule has 24 heavy (non-hydrogen) atoms. The molecule has 1 saturated heterocycles. The summed E-state index contributed by atoms with van der Waals surface area (Å²) in [5.74, 6) is 1.49. The van der Waals surface area contributed by atoms with E-state index in [0.717, 1.165) is 35.1 Å². The van der Waals surface area contributed by atoms with Crippen molar-refractivity contribution in [2.24, 2.45) is 0 Å². The summed E-state index contributed by atoms with van der Waals surface area (Å²) in [5, 5.41) is 9.37. The molecule has 122 valence electrons. The Morgan fingerprint density at radius 2 is 2.08 bits per heavy atom. The van der Waals surface area contributed by atoms with Crippen LogP contribution in [0.4, 0.5) is 0 Å². The molecule has 0 saturated carbocycles. The predicted octanol–water partition coefficient (Wildman–Crippen LogP) is 2.91.